The van der Waals surface area contributed by atoms with Crippen LogP contribution < -0.4 is 4.74 Å². The second-order valence-electron chi connectivity index (χ2n) is 3.09. The molecule has 0 aliphatic carbocycles. The van der Waals surface area contributed by atoms with Gasteiger partial charge in [-0.2, -0.15) is 0 Å². The van der Waals surface area contributed by atoms with Crippen LogP contribution in [0.1, 0.15) is 29.8 Å². The lowest BCUT2D eigenvalue weighted by Crippen LogP contribution is -2.03. The van der Waals surface area contributed by atoms with Gasteiger partial charge in [0.1, 0.15) is 5.75 Å². The van der Waals surface area contributed by atoms with E-state index in [4.69, 9.17) is 4.74 Å². The summed E-state index contributed by atoms with van der Waals surface area (Å²) in [5.41, 5.74) is 1.68. The number of rotatable bonds is 3. The summed E-state index contributed by atoms with van der Waals surface area (Å²) in [6.45, 7) is 6.00. The molecule has 0 saturated heterocycles. The SMILES string of the molecule is CCOc1cc(I)cc(C)c1C(C)=O. The fourth-order valence-electron chi connectivity index (χ4n) is 1.43. The Morgan fingerprint density at radius 3 is 2.64 bits per heavy atom. The van der Waals surface area contributed by atoms with Crippen LogP contribution in [0.25, 0.3) is 0 Å². The number of ketones is 1. The first-order valence-electron chi connectivity index (χ1n) is 4.50. The van der Waals surface area contributed by atoms with E-state index in [0.29, 0.717) is 17.9 Å². The number of hydrogen-bond donors (Lipinski definition) is 0. The Balaban J connectivity index is 3.28. The molecule has 1 rings (SSSR count). The number of hydrogen-bond acceptors (Lipinski definition) is 2. The first-order chi connectivity index (χ1) is 6.56. The molecule has 0 amide bonds. The van der Waals surface area contributed by atoms with E-state index in [0.717, 1.165) is 9.13 Å². The van der Waals surface area contributed by atoms with Gasteiger partial charge in [-0.05, 0) is 61.1 Å². The van der Waals surface area contributed by atoms with E-state index in [1.165, 1.54) is 0 Å². The molecule has 3 heteroatoms. The van der Waals surface area contributed by atoms with Crippen molar-refractivity contribution in [1.82, 2.24) is 0 Å². The van der Waals surface area contributed by atoms with E-state index < -0.39 is 0 Å². The van der Waals surface area contributed by atoms with Gasteiger partial charge in [0.2, 0.25) is 0 Å². The van der Waals surface area contributed by atoms with E-state index in [1.807, 2.05) is 26.0 Å². The summed E-state index contributed by atoms with van der Waals surface area (Å²) < 4.78 is 6.53. The van der Waals surface area contributed by atoms with Crippen LogP contribution in [0.4, 0.5) is 0 Å². The fourth-order valence-corrected chi connectivity index (χ4v) is 2.18. The monoisotopic (exact) mass is 304 g/mol. The summed E-state index contributed by atoms with van der Waals surface area (Å²) in [7, 11) is 0. The van der Waals surface area contributed by atoms with Gasteiger partial charge < -0.3 is 4.74 Å². The minimum absolute atomic E-state index is 0.0577. The Bertz CT molecular complexity index is 359. The Morgan fingerprint density at radius 1 is 1.50 bits per heavy atom. The van der Waals surface area contributed by atoms with Crippen molar-refractivity contribution in [3.05, 3.63) is 26.8 Å². The normalized spacial score (nSPS) is 10.0. The van der Waals surface area contributed by atoms with E-state index in [2.05, 4.69) is 22.6 Å². The maximum atomic E-state index is 11.4. The summed E-state index contributed by atoms with van der Waals surface area (Å²) in [6.07, 6.45) is 0. The smallest absolute Gasteiger partial charge is 0.163 e. The molecule has 0 bridgehead atoms. The molecule has 2 nitrogen and oxygen atoms in total. The highest BCUT2D eigenvalue weighted by Crippen LogP contribution is 2.25. The largest absolute Gasteiger partial charge is 0.493 e. The van der Waals surface area contributed by atoms with Crippen molar-refractivity contribution in [2.45, 2.75) is 20.8 Å². The van der Waals surface area contributed by atoms with Crippen LogP contribution in [0.15, 0.2) is 12.1 Å². The van der Waals surface area contributed by atoms with Gasteiger partial charge in [-0.25, -0.2) is 0 Å². The zero-order chi connectivity index (χ0) is 10.7. The molecule has 0 spiro atoms. The lowest BCUT2D eigenvalue weighted by molar-refractivity contribution is 0.101. The second-order valence-corrected chi connectivity index (χ2v) is 4.33. The third kappa shape index (κ3) is 2.47. The minimum Gasteiger partial charge on any atom is -0.493 e. The zero-order valence-corrected chi connectivity index (χ0v) is 10.7. The highest BCUT2D eigenvalue weighted by Gasteiger charge is 2.12. The molecule has 76 valence electrons. The van der Waals surface area contributed by atoms with Crippen molar-refractivity contribution >= 4 is 28.4 Å². The molecule has 0 aliphatic heterocycles. The highest BCUT2D eigenvalue weighted by atomic mass is 127. The Morgan fingerprint density at radius 2 is 2.14 bits per heavy atom. The molecular formula is C11H13IO2. The molecule has 0 fully saturated rings. The van der Waals surface area contributed by atoms with Crippen molar-refractivity contribution < 1.29 is 9.53 Å². The van der Waals surface area contributed by atoms with Crippen LogP contribution in [-0.2, 0) is 0 Å². The van der Waals surface area contributed by atoms with Crippen LogP contribution in [-0.4, -0.2) is 12.4 Å². The number of benzene rings is 1. The highest BCUT2D eigenvalue weighted by molar-refractivity contribution is 14.1. The van der Waals surface area contributed by atoms with Crippen molar-refractivity contribution in [2.24, 2.45) is 0 Å². The predicted molar refractivity (Wildman–Crippen MR) is 65.1 cm³/mol. The quantitative estimate of drug-likeness (QED) is 0.633. The number of aryl methyl sites for hydroxylation is 1. The number of carbonyl (C=O) groups is 1. The Labute approximate surface area is 97.8 Å². The summed E-state index contributed by atoms with van der Waals surface area (Å²) in [5.74, 6) is 0.756. The maximum absolute atomic E-state index is 11.4. The van der Waals surface area contributed by atoms with Crippen molar-refractivity contribution in [3.8, 4) is 5.75 Å². The average molecular weight is 304 g/mol. The molecule has 1 aromatic rings. The molecule has 0 radical (unpaired) electrons. The maximum Gasteiger partial charge on any atom is 0.163 e. The molecule has 0 N–H and O–H groups in total. The average Bonchev–Trinajstić information content (AvgIpc) is 2.01. The Kier molecular flexibility index (Phi) is 3.92. The summed E-state index contributed by atoms with van der Waals surface area (Å²) in [5, 5.41) is 0. The van der Waals surface area contributed by atoms with Gasteiger partial charge in [-0.15, -0.1) is 0 Å². The van der Waals surface area contributed by atoms with Crippen LogP contribution in [0, 0.1) is 10.5 Å². The first-order valence-corrected chi connectivity index (χ1v) is 5.58. The number of Topliss-reactive ketones (excluding diaryl/α,β-unsaturated/α-hetero) is 1. The van der Waals surface area contributed by atoms with E-state index in [1.54, 1.807) is 6.92 Å². The van der Waals surface area contributed by atoms with E-state index in [-0.39, 0.29) is 5.78 Å². The van der Waals surface area contributed by atoms with Crippen LogP contribution >= 0.6 is 22.6 Å². The van der Waals surface area contributed by atoms with Gasteiger partial charge in [-0.3, -0.25) is 4.79 Å². The predicted octanol–water partition coefficient (Wildman–Crippen LogP) is 3.20. The van der Waals surface area contributed by atoms with E-state index >= 15 is 0 Å². The number of halogens is 1. The van der Waals surface area contributed by atoms with Crippen LogP contribution in [0.2, 0.25) is 0 Å². The Hall–Kier alpha value is -0.580. The van der Waals surface area contributed by atoms with Crippen molar-refractivity contribution in [3.63, 3.8) is 0 Å². The molecule has 1 aromatic carbocycles. The minimum atomic E-state index is 0.0577. The third-order valence-electron chi connectivity index (χ3n) is 1.92. The third-order valence-corrected chi connectivity index (χ3v) is 2.54. The molecule has 14 heavy (non-hydrogen) atoms. The second kappa shape index (κ2) is 4.77. The van der Waals surface area contributed by atoms with Crippen molar-refractivity contribution in [2.75, 3.05) is 6.61 Å². The standard InChI is InChI=1S/C11H13IO2/c1-4-14-10-6-9(12)5-7(2)11(10)8(3)13/h5-6H,4H2,1-3H3. The summed E-state index contributed by atoms with van der Waals surface area (Å²) in [4.78, 5) is 11.4. The van der Waals surface area contributed by atoms with Crippen LogP contribution in [0.5, 0.6) is 5.75 Å². The van der Waals surface area contributed by atoms with Crippen LogP contribution in [0.3, 0.4) is 0 Å². The topological polar surface area (TPSA) is 26.3 Å². The molecule has 0 unspecified atom stereocenters. The molecule has 0 saturated carbocycles. The zero-order valence-electron chi connectivity index (χ0n) is 8.56. The lowest BCUT2D eigenvalue weighted by atomic mass is 10.0. The lowest BCUT2D eigenvalue weighted by Gasteiger charge is -2.11. The molecule has 0 heterocycles. The summed E-state index contributed by atoms with van der Waals surface area (Å²) in [6, 6.07) is 3.88. The van der Waals surface area contributed by atoms with Crippen molar-refractivity contribution in [1.29, 1.82) is 0 Å². The van der Waals surface area contributed by atoms with Gasteiger partial charge in [0.15, 0.2) is 5.78 Å². The first kappa shape index (κ1) is 11.5. The number of carbonyl (C=O) groups excluding carboxylic acids is 1. The number of ether oxygens (including phenoxy) is 1. The molecule has 0 atom stereocenters. The van der Waals surface area contributed by atoms with Gasteiger partial charge in [0.25, 0.3) is 0 Å². The van der Waals surface area contributed by atoms with Gasteiger partial charge in [0.05, 0.1) is 12.2 Å². The van der Waals surface area contributed by atoms with Gasteiger partial charge in [-0.1, -0.05) is 0 Å². The molecule has 0 aliphatic rings. The summed E-state index contributed by atoms with van der Waals surface area (Å²) >= 11 is 2.22. The van der Waals surface area contributed by atoms with Gasteiger partial charge >= 0.3 is 0 Å². The molecule has 0 aromatic heterocycles. The van der Waals surface area contributed by atoms with Gasteiger partial charge in [0, 0.05) is 3.57 Å². The fraction of sp³-hybridized carbons (Fsp3) is 0.364. The molecular weight excluding hydrogens is 291 g/mol. The van der Waals surface area contributed by atoms with E-state index in [9.17, 15) is 4.79 Å².